The van der Waals surface area contributed by atoms with Crippen LogP contribution in [0.5, 0.6) is 0 Å². The fraction of sp³-hybridized carbons (Fsp3) is 0.353. The predicted molar refractivity (Wildman–Crippen MR) is 98.6 cm³/mol. The van der Waals surface area contributed by atoms with E-state index in [1.165, 1.54) is 11.3 Å². The van der Waals surface area contributed by atoms with Crippen LogP contribution in [-0.4, -0.2) is 48.6 Å². The van der Waals surface area contributed by atoms with Gasteiger partial charge in [0.05, 0.1) is 18.1 Å². The van der Waals surface area contributed by atoms with Gasteiger partial charge >= 0.3 is 0 Å². The number of piperidine rings is 1. The Morgan fingerprint density at radius 2 is 2.23 bits per heavy atom. The van der Waals surface area contributed by atoms with E-state index < -0.39 is 0 Å². The highest BCUT2D eigenvalue weighted by Gasteiger charge is 2.27. The number of carbonyl (C=O) groups excluding carboxylic acids is 1. The number of carbonyl (C=O) groups is 1. The molecule has 2 N–H and O–H groups in total. The first-order valence-electron chi connectivity index (χ1n) is 8.42. The van der Waals surface area contributed by atoms with Gasteiger partial charge in [-0.3, -0.25) is 9.48 Å². The van der Waals surface area contributed by atoms with Crippen molar-refractivity contribution in [3.63, 3.8) is 0 Å². The van der Waals surface area contributed by atoms with E-state index in [2.05, 4.69) is 20.1 Å². The summed E-state index contributed by atoms with van der Waals surface area (Å²) in [4.78, 5) is 28.1. The smallest absolute Gasteiger partial charge is 0.265 e. The molecule has 3 aromatic heterocycles. The molecular formula is C17H19N7OS. The van der Waals surface area contributed by atoms with E-state index in [4.69, 9.17) is 5.73 Å². The standard InChI is InChI=1S/C17H19N7OS/c1-23-9-12(7-21-23)15-20-8-14(26-15)16(25)24-6-2-3-11(10-24)13-4-5-19-17(18)22-13/h4-5,7-9,11H,2-3,6,10H2,1H3,(H2,18,19,22). The molecule has 1 aliphatic rings. The lowest BCUT2D eigenvalue weighted by atomic mass is 9.94. The van der Waals surface area contributed by atoms with Crippen LogP contribution in [0.1, 0.15) is 34.1 Å². The van der Waals surface area contributed by atoms with Gasteiger partial charge in [0.25, 0.3) is 5.91 Å². The summed E-state index contributed by atoms with van der Waals surface area (Å²) in [5, 5.41) is 4.96. The summed E-state index contributed by atoms with van der Waals surface area (Å²) < 4.78 is 1.72. The van der Waals surface area contributed by atoms with Gasteiger partial charge in [0.2, 0.25) is 5.95 Å². The molecule has 4 rings (SSSR count). The van der Waals surface area contributed by atoms with E-state index in [1.807, 2.05) is 24.2 Å². The van der Waals surface area contributed by atoms with E-state index in [0.29, 0.717) is 11.4 Å². The molecule has 0 aliphatic carbocycles. The fourth-order valence-corrected chi connectivity index (χ4v) is 4.07. The predicted octanol–water partition coefficient (Wildman–Crippen LogP) is 1.94. The largest absolute Gasteiger partial charge is 0.368 e. The minimum atomic E-state index is 0.0179. The van der Waals surface area contributed by atoms with Gasteiger partial charge < -0.3 is 10.6 Å². The van der Waals surface area contributed by atoms with E-state index >= 15 is 0 Å². The van der Waals surface area contributed by atoms with Gasteiger partial charge in [0, 0.05) is 44.0 Å². The number of anilines is 1. The van der Waals surface area contributed by atoms with Crippen LogP contribution in [-0.2, 0) is 7.05 Å². The number of nitrogens with two attached hydrogens (primary N) is 1. The number of hydrogen-bond acceptors (Lipinski definition) is 7. The van der Waals surface area contributed by atoms with Crippen LogP contribution in [0.4, 0.5) is 5.95 Å². The molecule has 1 saturated heterocycles. The molecule has 134 valence electrons. The number of aryl methyl sites for hydroxylation is 1. The highest BCUT2D eigenvalue weighted by Crippen LogP contribution is 2.29. The molecule has 0 spiro atoms. The fourth-order valence-electron chi connectivity index (χ4n) is 3.21. The summed E-state index contributed by atoms with van der Waals surface area (Å²) in [7, 11) is 1.86. The van der Waals surface area contributed by atoms with Crippen molar-refractivity contribution in [2.75, 3.05) is 18.8 Å². The van der Waals surface area contributed by atoms with Gasteiger partial charge in [0.1, 0.15) is 9.88 Å². The molecule has 26 heavy (non-hydrogen) atoms. The maximum atomic E-state index is 12.9. The molecule has 0 bridgehead atoms. The first kappa shape index (κ1) is 16.6. The van der Waals surface area contributed by atoms with Crippen molar-refractivity contribution in [2.24, 2.45) is 7.05 Å². The van der Waals surface area contributed by atoms with E-state index in [0.717, 1.165) is 35.7 Å². The number of hydrogen-bond donors (Lipinski definition) is 1. The molecule has 8 nitrogen and oxygen atoms in total. The van der Waals surface area contributed by atoms with Gasteiger partial charge in [0.15, 0.2) is 0 Å². The minimum absolute atomic E-state index is 0.0179. The number of likely N-dealkylation sites (tertiary alicyclic amines) is 1. The third-order valence-electron chi connectivity index (χ3n) is 4.49. The summed E-state index contributed by atoms with van der Waals surface area (Å²) in [5.41, 5.74) is 7.51. The van der Waals surface area contributed by atoms with Crippen molar-refractivity contribution < 1.29 is 4.79 Å². The molecule has 1 amide bonds. The van der Waals surface area contributed by atoms with Crippen LogP contribution in [0.2, 0.25) is 0 Å². The van der Waals surface area contributed by atoms with Crippen LogP contribution in [0, 0.1) is 0 Å². The molecule has 0 radical (unpaired) electrons. The second-order valence-corrected chi connectivity index (χ2v) is 7.39. The van der Waals surface area contributed by atoms with Gasteiger partial charge in [-0.25, -0.2) is 15.0 Å². The number of nitrogen functional groups attached to an aromatic ring is 1. The first-order chi connectivity index (χ1) is 12.6. The zero-order chi connectivity index (χ0) is 18.1. The molecular weight excluding hydrogens is 350 g/mol. The third kappa shape index (κ3) is 3.30. The maximum Gasteiger partial charge on any atom is 0.265 e. The van der Waals surface area contributed by atoms with Crippen LogP contribution in [0.15, 0.2) is 30.9 Å². The Hall–Kier alpha value is -2.81. The van der Waals surface area contributed by atoms with Crippen molar-refractivity contribution in [1.29, 1.82) is 0 Å². The van der Waals surface area contributed by atoms with Crippen molar-refractivity contribution >= 4 is 23.2 Å². The van der Waals surface area contributed by atoms with Crippen molar-refractivity contribution in [3.8, 4) is 10.6 Å². The van der Waals surface area contributed by atoms with Crippen LogP contribution >= 0.6 is 11.3 Å². The summed E-state index contributed by atoms with van der Waals surface area (Å²) in [6.45, 7) is 1.38. The van der Waals surface area contributed by atoms with Gasteiger partial charge in [-0.15, -0.1) is 11.3 Å². The van der Waals surface area contributed by atoms with E-state index in [9.17, 15) is 4.79 Å². The quantitative estimate of drug-likeness (QED) is 0.757. The summed E-state index contributed by atoms with van der Waals surface area (Å²) in [5.74, 6) is 0.475. The second kappa shape index (κ2) is 6.83. The van der Waals surface area contributed by atoms with Crippen molar-refractivity contribution in [1.82, 2.24) is 29.6 Å². The topological polar surface area (TPSA) is 103 Å². The Balaban J connectivity index is 1.50. The Bertz CT molecular complexity index is 935. The molecule has 1 aliphatic heterocycles. The zero-order valence-electron chi connectivity index (χ0n) is 14.4. The first-order valence-corrected chi connectivity index (χ1v) is 9.24. The Morgan fingerprint density at radius 1 is 1.35 bits per heavy atom. The second-order valence-electron chi connectivity index (χ2n) is 6.36. The molecule has 4 heterocycles. The number of aromatic nitrogens is 5. The summed E-state index contributed by atoms with van der Waals surface area (Å²) in [6.07, 6.45) is 8.90. The minimum Gasteiger partial charge on any atom is -0.368 e. The normalized spacial score (nSPS) is 17.4. The molecule has 0 aromatic carbocycles. The molecule has 1 atom stereocenters. The zero-order valence-corrected chi connectivity index (χ0v) is 15.2. The highest BCUT2D eigenvalue weighted by atomic mass is 32.1. The maximum absolute atomic E-state index is 12.9. The van der Waals surface area contributed by atoms with Gasteiger partial charge in [-0.05, 0) is 18.9 Å². The third-order valence-corrected chi connectivity index (χ3v) is 5.53. The molecule has 3 aromatic rings. The van der Waals surface area contributed by atoms with Crippen LogP contribution in [0.3, 0.4) is 0 Å². The van der Waals surface area contributed by atoms with E-state index in [-0.39, 0.29) is 17.8 Å². The van der Waals surface area contributed by atoms with Crippen molar-refractivity contribution in [2.45, 2.75) is 18.8 Å². The lowest BCUT2D eigenvalue weighted by molar-refractivity contribution is 0.0710. The van der Waals surface area contributed by atoms with Crippen LogP contribution in [0.25, 0.3) is 10.6 Å². The van der Waals surface area contributed by atoms with Gasteiger partial charge in [-0.2, -0.15) is 5.10 Å². The average molecular weight is 369 g/mol. The number of nitrogens with zero attached hydrogens (tertiary/aromatic N) is 6. The summed E-state index contributed by atoms with van der Waals surface area (Å²) >= 11 is 1.40. The molecule has 1 fully saturated rings. The van der Waals surface area contributed by atoms with Crippen LogP contribution < -0.4 is 5.73 Å². The lowest BCUT2D eigenvalue weighted by Gasteiger charge is -2.32. The Morgan fingerprint density at radius 3 is 3.00 bits per heavy atom. The van der Waals surface area contributed by atoms with E-state index in [1.54, 1.807) is 23.3 Å². The lowest BCUT2D eigenvalue weighted by Crippen LogP contribution is -2.39. The number of rotatable bonds is 3. The molecule has 9 heteroatoms. The molecule has 0 saturated carbocycles. The summed E-state index contributed by atoms with van der Waals surface area (Å²) in [6, 6.07) is 1.88. The number of thiazole rings is 1. The van der Waals surface area contributed by atoms with Gasteiger partial charge in [-0.1, -0.05) is 0 Å². The average Bonchev–Trinajstić information content (AvgIpc) is 3.30. The monoisotopic (exact) mass is 369 g/mol. The molecule has 1 unspecified atom stereocenters. The number of amides is 1. The Kier molecular flexibility index (Phi) is 4.37. The van der Waals surface area contributed by atoms with Crippen molar-refractivity contribution in [3.05, 3.63) is 41.4 Å². The Labute approximate surface area is 154 Å². The highest BCUT2D eigenvalue weighted by molar-refractivity contribution is 7.16. The SMILES string of the molecule is Cn1cc(-c2ncc(C(=O)N3CCCC(c4ccnc(N)n4)C3)s2)cn1.